The quantitative estimate of drug-likeness (QED) is 0.271. The molecule has 0 saturated heterocycles. The molecule has 0 aliphatic carbocycles. The molecule has 1 aliphatic rings. The molecule has 0 spiro atoms. The van der Waals surface area contributed by atoms with Crippen LogP contribution in [-0.2, 0) is 0 Å². The molecular weight excluding hydrogens is 457 g/mol. The number of thioether (sulfide) groups is 2. The first kappa shape index (κ1) is 21.0. The summed E-state index contributed by atoms with van der Waals surface area (Å²) in [6, 6.07) is 8.89. The lowest BCUT2D eigenvalue weighted by molar-refractivity contribution is 0.804. The van der Waals surface area contributed by atoms with Crippen molar-refractivity contribution in [3.63, 3.8) is 0 Å². The van der Waals surface area contributed by atoms with Gasteiger partial charge in [0.2, 0.25) is 0 Å². The van der Waals surface area contributed by atoms with Gasteiger partial charge in [-0.25, -0.2) is 0 Å². The summed E-state index contributed by atoms with van der Waals surface area (Å²) in [7, 11) is 1.99. The molecule has 0 bridgehead atoms. The monoisotopic (exact) mass is 480 g/mol. The first-order valence-corrected chi connectivity index (χ1v) is 14.2. The van der Waals surface area contributed by atoms with E-state index in [1.54, 1.807) is 0 Å². The number of rotatable bonds is 3. The molecule has 1 aliphatic heterocycles. The molecule has 0 unspecified atom stereocenters. The highest BCUT2D eigenvalue weighted by Crippen LogP contribution is 2.52. The zero-order valence-electron chi connectivity index (χ0n) is 16.9. The van der Waals surface area contributed by atoms with E-state index in [0.717, 1.165) is 0 Å². The molecule has 0 atom stereocenters. The lowest BCUT2D eigenvalue weighted by Crippen LogP contribution is -2.12. The van der Waals surface area contributed by atoms with E-state index in [1.807, 2.05) is 68.5 Å². The lowest BCUT2D eigenvalue weighted by Gasteiger charge is -2.18. The minimum absolute atomic E-state index is 0.191. The van der Waals surface area contributed by atoms with Crippen molar-refractivity contribution in [2.24, 2.45) is 0 Å². The molecule has 0 amide bonds. The summed E-state index contributed by atoms with van der Waals surface area (Å²) in [5, 5.41) is 4.39. The minimum atomic E-state index is 0.191. The van der Waals surface area contributed by atoms with Gasteiger partial charge in [-0.15, -0.1) is 68.5 Å². The fourth-order valence-electron chi connectivity index (χ4n) is 2.87. The summed E-state index contributed by atoms with van der Waals surface area (Å²) in [5.74, 6) is 0. The Morgan fingerprint density at radius 3 is 1.89 bits per heavy atom. The van der Waals surface area contributed by atoms with Crippen LogP contribution in [0.15, 0.2) is 39.2 Å². The van der Waals surface area contributed by atoms with E-state index in [9.17, 15) is 0 Å². The highest BCUT2D eigenvalue weighted by atomic mass is 32.2. The van der Waals surface area contributed by atoms with Crippen molar-refractivity contribution >= 4 is 77.5 Å². The Balaban J connectivity index is 1.96. The van der Waals surface area contributed by atoms with Gasteiger partial charge in [0.15, 0.2) is 0 Å². The van der Waals surface area contributed by atoms with Gasteiger partial charge in [-0.1, -0.05) is 53.7 Å². The van der Waals surface area contributed by atoms with Crippen LogP contribution in [0.1, 0.15) is 57.5 Å². The molecule has 3 aromatic rings. The predicted molar refractivity (Wildman–Crippen MR) is 140 cm³/mol. The molecule has 0 radical (unpaired) electrons. The van der Waals surface area contributed by atoms with Crippen molar-refractivity contribution in [1.29, 1.82) is 0 Å². The van der Waals surface area contributed by atoms with Gasteiger partial charge in [0.1, 0.15) is 0 Å². The van der Waals surface area contributed by atoms with Gasteiger partial charge >= 0.3 is 0 Å². The van der Waals surface area contributed by atoms with Gasteiger partial charge in [0, 0.05) is 30.4 Å². The summed E-state index contributed by atoms with van der Waals surface area (Å²) >= 11 is 9.73. The molecule has 3 aromatic heterocycles. The van der Waals surface area contributed by atoms with Crippen LogP contribution in [0, 0.1) is 0 Å². The smallest absolute Gasteiger partial charge is 0.0704 e. The van der Waals surface area contributed by atoms with E-state index in [1.165, 1.54) is 39.0 Å². The number of thiophene rings is 3. The molecule has 28 heavy (non-hydrogen) atoms. The number of fused-ring (bicyclic) bond motifs is 1. The van der Waals surface area contributed by atoms with E-state index in [4.69, 9.17) is 0 Å². The highest BCUT2D eigenvalue weighted by molar-refractivity contribution is 8.28. The van der Waals surface area contributed by atoms with Crippen LogP contribution in [0.2, 0.25) is 0 Å². The Morgan fingerprint density at radius 2 is 1.36 bits per heavy atom. The van der Waals surface area contributed by atoms with E-state index in [-0.39, 0.29) is 9.49 Å². The summed E-state index contributed by atoms with van der Waals surface area (Å²) in [6.45, 7) is 13.9. The maximum Gasteiger partial charge on any atom is 0.0704 e. The van der Waals surface area contributed by atoms with Crippen molar-refractivity contribution in [2.45, 2.75) is 55.2 Å². The number of hydrogen-bond donors (Lipinski definition) is 0. The van der Waals surface area contributed by atoms with Crippen LogP contribution >= 0.6 is 68.5 Å². The summed E-state index contributed by atoms with van der Waals surface area (Å²) in [5.41, 5.74) is 2.96. The van der Waals surface area contributed by atoms with Crippen molar-refractivity contribution < 1.29 is 0 Å². The molecule has 0 fully saturated rings. The lowest BCUT2D eigenvalue weighted by atomic mass is 10.1. The van der Waals surface area contributed by atoms with E-state index in [0.29, 0.717) is 0 Å². The average Bonchev–Trinajstić information content (AvgIpc) is 3.29. The molecule has 4 rings (SSSR count). The van der Waals surface area contributed by atoms with Crippen LogP contribution in [-0.4, -0.2) is 18.6 Å². The molecular formula is C22H24S6. The van der Waals surface area contributed by atoms with Gasteiger partial charge in [0.05, 0.1) is 18.1 Å². The van der Waals surface area contributed by atoms with Gasteiger partial charge < -0.3 is 0 Å². The van der Waals surface area contributed by atoms with Crippen LogP contribution in [0.3, 0.4) is 0 Å². The van der Waals surface area contributed by atoms with E-state index >= 15 is 0 Å². The zero-order chi connectivity index (χ0) is 20.1. The van der Waals surface area contributed by atoms with Crippen LogP contribution in [0.25, 0.3) is 9.75 Å². The summed E-state index contributed by atoms with van der Waals surface area (Å²) < 4.78 is 3.31. The van der Waals surface area contributed by atoms with Crippen LogP contribution in [0.5, 0.6) is 0 Å². The third-order valence-corrected chi connectivity index (χ3v) is 10.9. The molecule has 0 nitrogen and oxygen atoms in total. The fourth-order valence-corrected chi connectivity index (χ4v) is 11.0. The second-order valence-electron chi connectivity index (χ2n) is 8.57. The average molecular weight is 481 g/mol. The molecule has 148 valence electrons. The van der Waals surface area contributed by atoms with Crippen molar-refractivity contribution in [2.75, 3.05) is 0 Å². The highest BCUT2D eigenvalue weighted by Gasteiger charge is 2.33. The predicted octanol–water partition coefficient (Wildman–Crippen LogP) is 8.75. The van der Waals surface area contributed by atoms with E-state index < -0.39 is 0 Å². The topological polar surface area (TPSA) is 0 Å². The number of hydrogen-bond acceptors (Lipinski definition) is 5. The largest absolute Gasteiger partial charge is 0.143 e. The Hall–Kier alpha value is -0.240. The Bertz CT molecular complexity index is 1040. The Kier molecular flexibility index (Phi) is 5.84. The van der Waals surface area contributed by atoms with Crippen LogP contribution in [0.4, 0.5) is 0 Å². The van der Waals surface area contributed by atoms with Gasteiger partial charge in [-0.05, 0) is 22.9 Å². The summed E-state index contributed by atoms with van der Waals surface area (Å²) in [6.07, 6.45) is 0. The van der Waals surface area contributed by atoms with Crippen LogP contribution < -0.4 is 0 Å². The first-order valence-electron chi connectivity index (χ1n) is 9.17. The zero-order valence-corrected chi connectivity index (χ0v) is 21.8. The normalized spacial score (nSPS) is 14.5. The second kappa shape index (κ2) is 7.78. The Labute approximate surface area is 192 Å². The summed E-state index contributed by atoms with van der Waals surface area (Å²) in [4.78, 5) is 5.68. The molecule has 0 N–H and O–H groups in total. The van der Waals surface area contributed by atoms with Crippen molar-refractivity contribution in [3.8, 4) is 9.75 Å². The molecule has 0 aromatic carbocycles. The molecule has 6 heteroatoms. The molecule has 4 heterocycles. The van der Waals surface area contributed by atoms with Crippen molar-refractivity contribution in [3.05, 3.63) is 51.0 Å². The maximum atomic E-state index is 2.32. The molecule has 0 saturated carbocycles. The van der Waals surface area contributed by atoms with E-state index in [2.05, 4.69) is 76.6 Å². The SMILES string of the molecule is CC(C)(C)SC1=S=C(c2cccs2)c2c(SC(C)(C)C)sc(-c3cccs3)c21. The van der Waals surface area contributed by atoms with Gasteiger partial charge in [0.25, 0.3) is 0 Å². The third-order valence-electron chi connectivity index (χ3n) is 3.79. The standard InChI is InChI=1S/C22H24S6/c1-21(2,3)27-19-15-16(18(25-19)14-10-8-12-24-14)20(28-22(4,5)6)26-17(15)13-9-7-11-23-13/h7-12H,1-6H3. The third kappa shape index (κ3) is 4.42. The van der Waals surface area contributed by atoms with Gasteiger partial charge in [-0.3, -0.25) is 0 Å². The van der Waals surface area contributed by atoms with Gasteiger partial charge in [-0.2, -0.15) is 0 Å². The second-order valence-corrected chi connectivity index (χ2v) is 16.7. The Morgan fingerprint density at radius 1 is 0.750 bits per heavy atom. The maximum absolute atomic E-state index is 2.32. The fraction of sp³-hybridized carbons (Fsp3) is 0.364. The van der Waals surface area contributed by atoms with Crippen molar-refractivity contribution in [1.82, 2.24) is 0 Å². The minimum Gasteiger partial charge on any atom is -0.143 e. The first-order chi connectivity index (χ1) is 13.1.